The molecule has 0 spiro atoms. The largest absolute Gasteiger partial charge is 0.478 e. The summed E-state index contributed by atoms with van der Waals surface area (Å²) in [6, 6.07) is 4.84. The van der Waals surface area contributed by atoms with E-state index >= 15 is 0 Å². The van der Waals surface area contributed by atoms with Gasteiger partial charge in [0, 0.05) is 29.0 Å². The molecule has 2 rings (SSSR count). The molecule has 1 aromatic rings. The van der Waals surface area contributed by atoms with Gasteiger partial charge in [-0.25, -0.2) is 4.79 Å². The maximum Gasteiger partial charge on any atom is 0.335 e. The highest BCUT2D eigenvalue weighted by atomic mass is 32.2. The van der Waals surface area contributed by atoms with E-state index in [1.165, 1.54) is 6.07 Å². The van der Waals surface area contributed by atoms with Crippen molar-refractivity contribution in [3.8, 4) is 0 Å². The Bertz CT molecular complexity index is 416. The van der Waals surface area contributed by atoms with E-state index in [1.54, 1.807) is 23.9 Å². The van der Waals surface area contributed by atoms with Crippen LogP contribution in [0.1, 0.15) is 23.2 Å². The van der Waals surface area contributed by atoms with Gasteiger partial charge in [-0.3, -0.25) is 0 Å². The number of thioether (sulfide) groups is 1. The summed E-state index contributed by atoms with van der Waals surface area (Å²) in [4.78, 5) is 11.7. The van der Waals surface area contributed by atoms with Gasteiger partial charge in [0.25, 0.3) is 0 Å². The number of anilines is 1. The molecule has 0 saturated carbocycles. The highest BCUT2D eigenvalue weighted by Gasteiger charge is 2.17. The van der Waals surface area contributed by atoms with Gasteiger partial charge in [0.1, 0.15) is 0 Å². The Balaban J connectivity index is 2.13. The van der Waals surface area contributed by atoms with Crippen LogP contribution >= 0.6 is 11.8 Å². The third-order valence-electron chi connectivity index (χ3n) is 2.72. The lowest BCUT2D eigenvalue weighted by molar-refractivity contribution is 0.0696. The number of carboxylic acids is 1. The molecule has 0 unspecified atom stereocenters. The van der Waals surface area contributed by atoms with Gasteiger partial charge in [0.15, 0.2) is 0 Å². The Morgan fingerprint density at radius 1 is 1.41 bits per heavy atom. The number of ether oxygens (including phenoxy) is 1. The van der Waals surface area contributed by atoms with Gasteiger partial charge in [-0.05, 0) is 31.0 Å². The number of nitrogens with two attached hydrogens (primary N) is 1. The van der Waals surface area contributed by atoms with Crippen molar-refractivity contribution in [2.75, 3.05) is 18.9 Å². The van der Waals surface area contributed by atoms with Crippen LogP contribution in [0.15, 0.2) is 23.1 Å². The molecule has 0 atom stereocenters. The zero-order chi connectivity index (χ0) is 12.3. The number of benzene rings is 1. The second-order valence-corrected chi connectivity index (χ2v) is 5.33. The standard InChI is InChI=1S/C12H15NO3S/c13-10-2-1-8(12(14)15)7-11(10)17-9-3-5-16-6-4-9/h1-2,7,9H,3-6,13H2,(H,14,15). The van der Waals surface area contributed by atoms with Gasteiger partial charge in [0.05, 0.1) is 5.56 Å². The summed E-state index contributed by atoms with van der Waals surface area (Å²) in [5.41, 5.74) is 6.79. The van der Waals surface area contributed by atoms with Crippen LogP contribution in [-0.4, -0.2) is 29.5 Å². The quantitative estimate of drug-likeness (QED) is 0.808. The number of hydrogen-bond acceptors (Lipinski definition) is 4. The fourth-order valence-corrected chi connectivity index (χ4v) is 2.93. The van der Waals surface area contributed by atoms with Crippen LogP contribution in [0.2, 0.25) is 0 Å². The SMILES string of the molecule is Nc1ccc(C(=O)O)cc1SC1CCOCC1. The first-order valence-electron chi connectivity index (χ1n) is 5.54. The smallest absolute Gasteiger partial charge is 0.335 e. The molecule has 5 heteroatoms. The molecule has 1 heterocycles. The molecule has 1 aromatic carbocycles. The van der Waals surface area contributed by atoms with Gasteiger partial charge in [-0.2, -0.15) is 0 Å². The Kier molecular flexibility index (Phi) is 3.91. The fourth-order valence-electron chi connectivity index (χ4n) is 1.74. The predicted octanol–water partition coefficient (Wildman–Crippen LogP) is 2.24. The predicted molar refractivity (Wildman–Crippen MR) is 67.5 cm³/mol. The van der Waals surface area contributed by atoms with Crippen LogP contribution in [-0.2, 0) is 4.74 Å². The summed E-state index contributed by atoms with van der Waals surface area (Å²) in [7, 11) is 0. The van der Waals surface area contributed by atoms with Crippen molar-refractivity contribution in [3.05, 3.63) is 23.8 Å². The van der Waals surface area contributed by atoms with E-state index in [1.807, 2.05) is 0 Å². The monoisotopic (exact) mass is 253 g/mol. The van der Waals surface area contributed by atoms with Gasteiger partial charge in [0.2, 0.25) is 0 Å². The topological polar surface area (TPSA) is 72.6 Å². The highest BCUT2D eigenvalue weighted by Crippen LogP contribution is 2.33. The van der Waals surface area contributed by atoms with Crippen molar-refractivity contribution in [2.45, 2.75) is 23.0 Å². The Morgan fingerprint density at radius 2 is 2.12 bits per heavy atom. The van der Waals surface area contributed by atoms with E-state index in [9.17, 15) is 4.79 Å². The molecule has 1 saturated heterocycles. The van der Waals surface area contributed by atoms with Crippen molar-refractivity contribution in [1.29, 1.82) is 0 Å². The third-order valence-corrected chi connectivity index (χ3v) is 4.13. The molecule has 17 heavy (non-hydrogen) atoms. The molecule has 92 valence electrons. The average Bonchev–Trinajstić information content (AvgIpc) is 2.33. The van der Waals surface area contributed by atoms with Crippen LogP contribution in [0, 0.1) is 0 Å². The minimum Gasteiger partial charge on any atom is -0.478 e. The van der Waals surface area contributed by atoms with Crippen LogP contribution in [0.3, 0.4) is 0 Å². The molecule has 1 aliphatic rings. The summed E-state index contributed by atoms with van der Waals surface area (Å²) in [6.07, 6.45) is 1.98. The first kappa shape index (κ1) is 12.3. The number of rotatable bonds is 3. The number of carbonyl (C=O) groups is 1. The molecule has 1 aliphatic heterocycles. The Labute approximate surface area is 104 Å². The van der Waals surface area contributed by atoms with Crippen molar-refractivity contribution < 1.29 is 14.6 Å². The molecule has 0 bridgehead atoms. The molecule has 0 amide bonds. The molecule has 0 aromatic heterocycles. The number of hydrogen-bond donors (Lipinski definition) is 2. The first-order valence-corrected chi connectivity index (χ1v) is 6.42. The second kappa shape index (κ2) is 5.42. The molecular formula is C12H15NO3S. The maximum atomic E-state index is 10.9. The van der Waals surface area contributed by atoms with Crippen LogP contribution in [0.25, 0.3) is 0 Å². The zero-order valence-corrected chi connectivity index (χ0v) is 10.2. The van der Waals surface area contributed by atoms with E-state index in [0.29, 0.717) is 10.9 Å². The van der Waals surface area contributed by atoms with E-state index in [-0.39, 0.29) is 5.56 Å². The van der Waals surface area contributed by atoms with E-state index in [2.05, 4.69) is 0 Å². The average molecular weight is 253 g/mol. The zero-order valence-electron chi connectivity index (χ0n) is 9.39. The maximum absolute atomic E-state index is 10.9. The minimum absolute atomic E-state index is 0.286. The molecule has 4 nitrogen and oxygen atoms in total. The number of carboxylic acid groups (broad SMARTS) is 1. The first-order chi connectivity index (χ1) is 8.16. The summed E-state index contributed by atoms with van der Waals surface area (Å²) in [6.45, 7) is 1.55. The lowest BCUT2D eigenvalue weighted by Crippen LogP contribution is -2.17. The second-order valence-electron chi connectivity index (χ2n) is 3.99. The van der Waals surface area contributed by atoms with Gasteiger partial charge in [-0.1, -0.05) is 0 Å². The summed E-state index contributed by atoms with van der Waals surface area (Å²) in [5, 5.41) is 9.40. The van der Waals surface area contributed by atoms with Gasteiger partial charge in [-0.15, -0.1) is 11.8 Å². The van der Waals surface area contributed by atoms with Crippen LogP contribution in [0.5, 0.6) is 0 Å². The van der Waals surface area contributed by atoms with E-state index < -0.39 is 5.97 Å². The van der Waals surface area contributed by atoms with Crippen molar-refractivity contribution in [1.82, 2.24) is 0 Å². The van der Waals surface area contributed by atoms with E-state index in [4.69, 9.17) is 15.6 Å². The molecule has 0 radical (unpaired) electrons. The molecule has 1 fully saturated rings. The fraction of sp³-hybridized carbons (Fsp3) is 0.417. The Morgan fingerprint density at radius 3 is 2.76 bits per heavy atom. The number of nitrogen functional groups attached to an aromatic ring is 1. The van der Waals surface area contributed by atoms with Crippen LogP contribution in [0.4, 0.5) is 5.69 Å². The molecule has 3 N–H and O–H groups in total. The minimum atomic E-state index is -0.918. The summed E-state index contributed by atoms with van der Waals surface area (Å²) in [5.74, 6) is -0.918. The van der Waals surface area contributed by atoms with Crippen molar-refractivity contribution in [3.63, 3.8) is 0 Å². The molecule has 0 aliphatic carbocycles. The van der Waals surface area contributed by atoms with Crippen molar-refractivity contribution in [2.24, 2.45) is 0 Å². The van der Waals surface area contributed by atoms with Crippen molar-refractivity contribution >= 4 is 23.4 Å². The van der Waals surface area contributed by atoms with Gasteiger partial charge >= 0.3 is 5.97 Å². The normalized spacial score (nSPS) is 16.9. The lowest BCUT2D eigenvalue weighted by Gasteiger charge is -2.22. The lowest BCUT2D eigenvalue weighted by atomic mass is 10.2. The molecular weight excluding hydrogens is 238 g/mol. The highest BCUT2D eigenvalue weighted by molar-refractivity contribution is 8.00. The third kappa shape index (κ3) is 3.14. The summed E-state index contributed by atoms with van der Waals surface area (Å²) >= 11 is 1.65. The Hall–Kier alpha value is -1.20. The van der Waals surface area contributed by atoms with Gasteiger partial charge < -0.3 is 15.6 Å². The number of aromatic carboxylic acids is 1. The van der Waals surface area contributed by atoms with E-state index in [0.717, 1.165) is 31.0 Å². The summed E-state index contributed by atoms with van der Waals surface area (Å²) < 4.78 is 5.29. The van der Waals surface area contributed by atoms with Crippen LogP contribution < -0.4 is 5.73 Å².